The van der Waals surface area contributed by atoms with E-state index in [1.807, 2.05) is 60.7 Å². The lowest BCUT2D eigenvalue weighted by atomic mass is 9.95. The molecule has 0 spiro atoms. The first kappa shape index (κ1) is 25.4. The lowest BCUT2D eigenvalue weighted by Crippen LogP contribution is -2.00. The molecule has 210 valence electrons. The third kappa shape index (κ3) is 4.35. The number of nitrogens with zero attached hydrogens (tertiary/aromatic N) is 3. The summed E-state index contributed by atoms with van der Waals surface area (Å²) >= 11 is 0. The van der Waals surface area contributed by atoms with Crippen LogP contribution >= 0.6 is 0 Å². The Morgan fingerprint density at radius 3 is 1.91 bits per heavy atom. The Bertz CT molecular complexity index is 2550. The van der Waals surface area contributed by atoms with Gasteiger partial charge in [-0.25, -0.2) is 15.0 Å². The number of rotatable bonds is 4. The molecule has 7 aromatic carbocycles. The van der Waals surface area contributed by atoms with Crippen LogP contribution in [0.4, 0.5) is 0 Å². The monoisotopic (exact) mass is 575 g/mol. The number of benzene rings is 7. The topological polar surface area (TPSA) is 51.8 Å². The number of hydrogen-bond donors (Lipinski definition) is 0. The van der Waals surface area contributed by atoms with Gasteiger partial charge >= 0.3 is 0 Å². The molecule has 0 aliphatic carbocycles. The molecule has 0 N–H and O–H groups in total. The first-order valence-corrected chi connectivity index (χ1v) is 15.0. The SMILES string of the molecule is c1ccc(-c2nc(-c3ccc4cccc(-c5ccc6ccccc6c5)c4c3)nc(-c3cccc4oc5ccccc5c34)n2)cc1. The van der Waals surface area contributed by atoms with E-state index in [0.29, 0.717) is 17.5 Å². The molecule has 0 unspecified atom stereocenters. The fourth-order valence-corrected chi connectivity index (χ4v) is 6.32. The average molecular weight is 576 g/mol. The molecule has 0 radical (unpaired) electrons. The Morgan fingerprint density at radius 2 is 1.00 bits per heavy atom. The van der Waals surface area contributed by atoms with Crippen LogP contribution in [-0.2, 0) is 0 Å². The van der Waals surface area contributed by atoms with Crippen LogP contribution in [0, 0.1) is 0 Å². The lowest BCUT2D eigenvalue weighted by molar-refractivity contribution is 0.669. The molecule has 0 saturated heterocycles. The molecule has 2 aromatic heterocycles. The summed E-state index contributed by atoms with van der Waals surface area (Å²) in [4.78, 5) is 15.2. The fourth-order valence-electron chi connectivity index (χ4n) is 6.32. The molecule has 0 atom stereocenters. The fraction of sp³-hybridized carbons (Fsp3) is 0. The molecule has 45 heavy (non-hydrogen) atoms. The van der Waals surface area contributed by atoms with E-state index < -0.39 is 0 Å². The smallest absolute Gasteiger partial charge is 0.164 e. The largest absolute Gasteiger partial charge is 0.456 e. The predicted octanol–water partition coefficient (Wildman–Crippen LogP) is 10.7. The third-order valence-corrected chi connectivity index (χ3v) is 8.51. The van der Waals surface area contributed by atoms with Crippen molar-refractivity contribution in [3.8, 4) is 45.3 Å². The molecule has 0 fully saturated rings. The van der Waals surface area contributed by atoms with Crippen molar-refractivity contribution in [3.63, 3.8) is 0 Å². The Hall–Kier alpha value is -6.13. The Balaban J connectivity index is 1.27. The zero-order chi connectivity index (χ0) is 29.7. The van der Waals surface area contributed by atoms with E-state index in [2.05, 4.69) is 91.0 Å². The van der Waals surface area contributed by atoms with Crippen molar-refractivity contribution in [2.75, 3.05) is 0 Å². The summed E-state index contributed by atoms with van der Waals surface area (Å²) in [5, 5.41) is 6.80. The molecule has 9 rings (SSSR count). The summed E-state index contributed by atoms with van der Waals surface area (Å²) < 4.78 is 6.20. The van der Waals surface area contributed by atoms with Gasteiger partial charge in [0.1, 0.15) is 11.2 Å². The van der Waals surface area contributed by atoms with Crippen molar-refractivity contribution in [2.24, 2.45) is 0 Å². The van der Waals surface area contributed by atoms with Gasteiger partial charge in [-0.05, 0) is 56.9 Å². The van der Waals surface area contributed by atoms with Crippen molar-refractivity contribution in [1.29, 1.82) is 0 Å². The molecule has 0 saturated carbocycles. The summed E-state index contributed by atoms with van der Waals surface area (Å²) in [6.07, 6.45) is 0. The Morgan fingerprint density at radius 1 is 0.356 bits per heavy atom. The van der Waals surface area contributed by atoms with E-state index in [0.717, 1.165) is 49.4 Å². The highest BCUT2D eigenvalue weighted by molar-refractivity contribution is 6.11. The van der Waals surface area contributed by atoms with Gasteiger partial charge in [-0.2, -0.15) is 0 Å². The van der Waals surface area contributed by atoms with E-state index in [4.69, 9.17) is 19.4 Å². The molecular formula is C41H25N3O. The minimum absolute atomic E-state index is 0.610. The first-order chi connectivity index (χ1) is 22.3. The number of aromatic nitrogens is 3. The second-order valence-corrected chi connectivity index (χ2v) is 11.3. The highest BCUT2D eigenvalue weighted by Gasteiger charge is 2.18. The van der Waals surface area contributed by atoms with Crippen LogP contribution in [0.1, 0.15) is 0 Å². The van der Waals surface area contributed by atoms with Crippen LogP contribution in [-0.4, -0.2) is 15.0 Å². The van der Waals surface area contributed by atoms with Gasteiger partial charge in [-0.15, -0.1) is 0 Å². The zero-order valence-corrected chi connectivity index (χ0v) is 24.2. The maximum absolute atomic E-state index is 6.20. The number of furan rings is 1. The first-order valence-electron chi connectivity index (χ1n) is 15.0. The van der Waals surface area contributed by atoms with E-state index in [1.54, 1.807) is 0 Å². The van der Waals surface area contributed by atoms with E-state index >= 15 is 0 Å². The van der Waals surface area contributed by atoms with E-state index in [1.165, 1.54) is 21.9 Å². The van der Waals surface area contributed by atoms with Crippen molar-refractivity contribution in [1.82, 2.24) is 15.0 Å². The summed E-state index contributed by atoms with van der Waals surface area (Å²) in [6, 6.07) is 52.3. The van der Waals surface area contributed by atoms with Gasteiger partial charge in [0.25, 0.3) is 0 Å². The van der Waals surface area contributed by atoms with Gasteiger partial charge in [0.15, 0.2) is 17.5 Å². The lowest BCUT2D eigenvalue weighted by Gasteiger charge is -2.12. The number of hydrogen-bond acceptors (Lipinski definition) is 4. The van der Waals surface area contributed by atoms with Crippen molar-refractivity contribution >= 4 is 43.5 Å². The van der Waals surface area contributed by atoms with Gasteiger partial charge < -0.3 is 4.42 Å². The van der Waals surface area contributed by atoms with Crippen LogP contribution in [0.15, 0.2) is 156 Å². The van der Waals surface area contributed by atoms with Gasteiger partial charge in [-0.3, -0.25) is 0 Å². The minimum atomic E-state index is 0.610. The summed E-state index contributed by atoms with van der Waals surface area (Å²) in [5.41, 5.74) is 6.78. The van der Waals surface area contributed by atoms with Crippen LogP contribution in [0.3, 0.4) is 0 Å². The number of para-hydroxylation sites is 1. The summed E-state index contributed by atoms with van der Waals surface area (Å²) in [6.45, 7) is 0. The highest BCUT2D eigenvalue weighted by Crippen LogP contribution is 2.37. The molecule has 2 heterocycles. The van der Waals surface area contributed by atoms with E-state index in [9.17, 15) is 0 Å². The Labute approximate surface area is 259 Å². The van der Waals surface area contributed by atoms with Gasteiger partial charge in [0, 0.05) is 27.5 Å². The minimum Gasteiger partial charge on any atom is -0.456 e. The van der Waals surface area contributed by atoms with Gasteiger partial charge in [0.2, 0.25) is 0 Å². The van der Waals surface area contributed by atoms with Crippen molar-refractivity contribution in [3.05, 3.63) is 152 Å². The predicted molar refractivity (Wildman–Crippen MR) is 184 cm³/mol. The molecule has 4 nitrogen and oxygen atoms in total. The summed E-state index contributed by atoms with van der Waals surface area (Å²) in [7, 11) is 0. The molecule has 4 heteroatoms. The quantitative estimate of drug-likeness (QED) is 0.209. The van der Waals surface area contributed by atoms with Gasteiger partial charge in [0.05, 0.1) is 0 Å². The molecular weight excluding hydrogens is 550 g/mol. The zero-order valence-electron chi connectivity index (χ0n) is 24.2. The molecule has 0 amide bonds. The molecule has 0 aliphatic heterocycles. The van der Waals surface area contributed by atoms with Crippen LogP contribution in [0.25, 0.3) is 88.8 Å². The standard InChI is InChI=1S/C41H25N3O/c1-2-11-28(12-3-1)39-42-40(44-41(43-39)34-17-9-19-37-38(34)33-15-6-7-18-36(33)45-37)31-23-21-27-14-8-16-32(35(27)25-31)30-22-20-26-10-4-5-13-29(26)24-30/h1-25H. The Kier molecular flexibility index (Phi) is 5.78. The average Bonchev–Trinajstić information content (AvgIpc) is 3.50. The third-order valence-electron chi connectivity index (χ3n) is 8.51. The second kappa shape index (κ2) is 10.2. The molecule has 9 aromatic rings. The van der Waals surface area contributed by atoms with Crippen molar-refractivity contribution < 1.29 is 4.42 Å². The van der Waals surface area contributed by atoms with Crippen LogP contribution in [0.5, 0.6) is 0 Å². The second-order valence-electron chi connectivity index (χ2n) is 11.3. The maximum Gasteiger partial charge on any atom is 0.164 e. The normalized spacial score (nSPS) is 11.6. The van der Waals surface area contributed by atoms with E-state index in [-0.39, 0.29) is 0 Å². The van der Waals surface area contributed by atoms with Crippen LogP contribution < -0.4 is 0 Å². The molecule has 0 aliphatic rings. The summed E-state index contributed by atoms with van der Waals surface area (Å²) in [5.74, 6) is 1.86. The van der Waals surface area contributed by atoms with Gasteiger partial charge in [-0.1, -0.05) is 127 Å². The van der Waals surface area contributed by atoms with Crippen LogP contribution in [0.2, 0.25) is 0 Å². The number of fused-ring (bicyclic) bond motifs is 5. The molecule has 0 bridgehead atoms. The van der Waals surface area contributed by atoms with Crippen molar-refractivity contribution in [2.45, 2.75) is 0 Å². The highest BCUT2D eigenvalue weighted by atomic mass is 16.3. The maximum atomic E-state index is 6.20.